The number of benzene rings is 1. The summed E-state index contributed by atoms with van der Waals surface area (Å²) in [7, 11) is 0. The summed E-state index contributed by atoms with van der Waals surface area (Å²) in [6.07, 6.45) is 8.94. The number of alkyl halides is 5. The van der Waals surface area contributed by atoms with Crippen molar-refractivity contribution in [3.8, 4) is 5.75 Å². The van der Waals surface area contributed by atoms with Crippen molar-refractivity contribution in [1.82, 2.24) is 0 Å². The molecule has 41 heavy (non-hydrogen) atoms. The van der Waals surface area contributed by atoms with Gasteiger partial charge in [0.1, 0.15) is 5.75 Å². The number of rotatable bonds is 14. The number of phenolic OH excluding ortho intramolecular Hbond substituents is 1. The fourth-order valence-corrected chi connectivity index (χ4v) is 8.77. The van der Waals surface area contributed by atoms with Gasteiger partial charge in [-0.05, 0) is 103 Å². The van der Waals surface area contributed by atoms with E-state index in [9.17, 15) is 32.2 Å². The van der Waals surface area contributed by atoms with Crippen molar-refractivity contribution >= 4 is 0 Å². The summed E-state index contributed by atoms with van der Waals surface area (Å²) in [5.74, 6) is -1.72. The first kappa shape index (κ1) is 32.5. The summed E-state index contributed by atoms with van der Waals surface area (Å²) in [6, 6.07) is 5.97. The first-order chi connectivity index (χ1) is 19.3. The van der Waals surface area contributed by atoms with Gasteiger partial charge < -0.3 is 10.2 Å². The third kappa shape index (κ3) is 7.59. The number of fused-ring (bicyclic) bond motifs is 5. The summed E-state index contributed by atoms with van der Waals surface area (Å²) in [4.78, 5) is 0. The molecule has 7 atom stereocenters. The van der Waals surface area contributed by atoms with Gasteiger partial charge in [-0.2, -0.15) is 22.0 Å². The molecule has 2 nitrogen and oxygen atoms in total. The molecule has 0 radical (unpaired) electrons. The van der Waals surface area contributed by atoms with Crippen molar-refractivity contribution < 1.29 is 32.2 Å². The van der Waals surface area contributed by atoms with E-state index in [1.165, 1.54) is 43.2 Å². The van der Waals surface area contributed by atoms with E-state index in [4.69, 9.17) is 0 Å². The minimum atomic E-state index is -5.44. The standard InChI is InChI=1S/C34H51F5O2/c1-23(12-10-19-33(35,36)34(37,38)39)11-8-6-4-3-5-7-9-13-24-21-25-22-26(40)14-15-27(25)28-18-20-32(2)29(31(24)28)16-17-30(32)41/h14-15,22-24,28-31,40-41H,3-13,16-21H2,1-2H3/t23?,24?,28?,29?,30-,31?,32-/m0/s1. The van der Waals surface area contributed by atoms with E-state index in [1.54, 1.807) is 0 Å². The number of hydrogen-bond acceptors (Lipinski definition) is 2. The zero-order valence-electron chi connectivity index (χ0n) is 25.0. The third-order valence-electron chi connectivity index (χ3n) is 11.2. The fraction of sp³-hybridized carbons (Fsp3) is 0.824. The van der Waals surface area contributed by atoms with Gasteiger partial charge in [-0.25, -0.2) is 0 Å². The Morgan fingerprint density at radius 1 is 0.902 bits per heavy atom. The van der Waals surface area contributed by atoms with E-state index in [2.05, 4.69) is 13.0 Å². The SMILES string of the molecule is CC(CCCCCCCCCC1Cc2cc(O)ccc2C2CC[C@@]3(C)C(CC[C@@H]3O)C12)CCCC(F)(F)C(F)(F)F. The van der Waals surface area contributed by atoms with Crippen LogP contribution in [0, 0.1) is 29.1 Å². The first-order valence-electron chi connectivity index (χ1n) is 16.3. The van der Waals surface area contributed by atoms with E-state index in [0.29, 0.717) is 35.8 Å². The van der Waals surface area contributed by atoms with Gasteiger partial charge in [0.25, 0.3) is 0 Å². The molecule has 0 spiro atoms. The Kier molecular flexibility index (Phi) is 10.7. The summed E-state index contributed by atoms with van der Waals surface area (Å²) < 4.78 is 63.0. The maximum absolute atomic E-state index is 13.1. The number of hydrogen-bond donors (Lipinski definition) is 2. The lowest BCUT2D eigenvalue weighted by atomic mass is 9.52. The van der Waals surface area contributed by atoms with Crippen LogP contribution in [0.15, 0.2) is 18.2 Å². The molecule has 1 aromatic rings. The van der Waals surface area contributed by atoms with Crippen molar-refractivity contribution in [3.05, 3.63) is 29.3 Å². The molecule has 7 heteroatoms. The van der Waals surface area contributed by atoms with Crippen molar-refractivity contribution in [2.24, 2.45) is 29.1 Å². The molecule has 3 aliphatic rings. The average molecular weight is 587 g/mol. The molecule has 0 amide bonds. The number of aliphatic hydroxyl groups is 1. The van der Waals surface area contributed by atoms with Crippen molar-refractivity contribution in [3.63, 3.8) is 0 Å². The van der Waals surface area contributed by atoms with Crippen LogP contribution < -0.4 is 0 Å². The minimum Gasteiger partial charge on any atom is -0.508 e. The highest BCUT2D eigenvalue weighted by Crippen LogP contribution is 2.62. The van der Waals surface area contributed by atoms with E-state index < -0.39 is 18.5 Å². The lowest BCUT2D eigenvalue weighted by molar-refractivity contribution is -0.284. The highest BCUT2D eigenvalue weighted by Gasteiger charge is 2.57. The van der Waals surface area contributed by atoms with Crippen LogP contribution in [0.1, 0.15) is 134 Å². The van der Waals surface area contributed by atoms with Crippen LogP contribution in [0.5, 0.6) is 5.75 Å². The topological polar surface area (TPSA) is 40.5 Å². The number of aliphatic hydroxyl groups excluding tert-OH is 1. The molecule has 0 saturated heterocycles. The molecule has 0 aromatic heterocycles. The quantitative estimate of drug-likeness (QED) is 0.168. The molecule has 3 aliphatic carbocycles. The number of unbranched alkanes of at least 4 members (excludes halogenated alkanes) is 6. The zero-order chi connectivity index (χ0) is 29.8. The Morgan fingerprint density at radius 2 is 1.56 bits per heavy atom. The Hall–Kier alpha value is -1.37. The highest BCUT2D eigenvalue weighted by atomic mass is 19.4. The third-order valence-corrected chi connectivity index (χ3v) is 11.2. The monoisotopic (exact) mass is 586 g/mol. The van der Waals surface area contributed by atoms with Crippen LogP contribution in [0.25, 0.3) is 0 Å². The Labute approximate surface area is 243 Å². The molecule has 2 N–H and O–H groups in total. The number of aromatic hydroxyl groups is 1. The summed E-state index contributed by atoms with van der Waals surface area (Å²) in [5, 5.41) is 21.0. The molecule has 5 unspecified atom stereocenters. The average Bonchev–Trinajstić information content (AvgIpc) is 3.20. The number of phenols is 1. The molecule has 4 rings (SSSR count). The minimum absolute atomic E-state index is 0.0412. The molecule has 2 saturated carbocycles. The van der Waals surface area contributed by atoms with Crippen LogP contribution in [0.3, 0.4) is 0 Å². The first-order valence-corrected chi connectivity index (χ1v) is 16.3. The number of halogens is 5. The lowest BCUT2D eigenvalue weighted by Crippen LogP contribution is -2.47. The second-order valence-corrected chi connectivity index (χ2v) is 14.0. The van der Waals surface area contributed by atoms with Crippen LogP contribution in [0.2, 0.25) is 0 Å². The molecule has 0 heterocycles. The molecule has 0 bridgehead atoms. The maximum Gasteiger partial charge on any atom is 0.453 e. The Bertz CT molecular complexity index is 978. The molecule has 234 valence electrons. The van der Waals surface area contributed by atoms with Crippen LogP contribution >= 0.6 is 0 Å². The zero-order valence-corrected chi connectivity index (χ0v) is 25.0. The van der Waals surface area contributed by atoms with Gasteiger partial charge in [0.2, 0.25) is 0 Å². The van der Waals surface area contributed by atoms with Gasteiger partial charge >= 0.3 is 12.1 Å². The van der Waals surface area contributed by atoms with E-state index >= 15 is 0 Å². The normalized spacial score (nSPS) is 30.5. The van der Waals surface area contributed by atoms with Crippen LogP contribution in [-0.2, 0) is 6.42 Å². The van der Waals surface area contributed by atoms with Gasteiger partial charge in [-0.15, -0.1) is 0 Å². The molecular weight excluding hydrogens is 535 g/mol. The van der Waals surface area contributed by atoms with Crippen molar-refractivity contribution in [2.75, 3.05) is 0 Å². The second kappa shape index (κ2) is 13.5. The van der Waals surface area contributed by atoms with Gasteiger partial charge in [-0.1, -0.05) is 77.7 Å². The molecule has 0 aliphatic heterocycles. The fourth-order valence-electron chi connectivity index (χ4n) is 8.77. The predicted octanol–water partition coefficient (Wildman–Crippen LogP) is 10.4. The highest BCUT2D eigenvalue weighted by molar-refractivity contribution is 5.40. The molecule has 2 fully saturated rings. The van der Waals surface area contributed by atoms with Gasteiger partial charge in [-0.3, -0.25) is 0 Å². The van der Waals surface area contributed by atoms with Gasteiger partial charge in [0.05, 0.1) is 6.10 Å². The summed E-state index contributed by atoms with van der Waals surface area (Å²) in [6.45, 7) is 4.27. The van der Waals surface area contributed by atoms with E-state index in [0.717, 1.165) is 57.8 Å². The largest absolute Gasteiger partial charge is 0.508 e. The molecular formula is C34H51F5O2. The van der Waals surface area contributed by atoms with E-state index in [-0.39, 0.29) is 23.9 Å². The molecule has 1 aromatic carbocycles. The van der Waals surface area contributed by atoms with Crippen LogP contribution in [0.4, 0.5) is 22.0 Å². The van der Waals surface area contributed by atoms with Gasteiger partial charge in [0.15, 0.2) is 0 Å². The van der Waals surface area contributed by atoms with Crippen molar-refractivity contribution in [1.29, 1.82) is 0 Å². The maximum atomic E-state index is 13.1. The Balaban J connectivity index is 1.15. The Morgan fingerprint density at radius 3 is 2.27 bits per heavy atom. The smallest absolute Gasteiger partial charge is 0.453 e. The lowest BCUT2D eigenvalue weighted by Gasteiger charge is -2.53. The van der Waals surface area contributed by atoms with Crippen molar-refractivity contribution in [2.45, 2.75) is 147 Å². The second-order valence-electron chi connectivity index (χ2n) is 14.0. The summed E-state index contributed by atoms with van der Waals surface area (Å²) in [5.41, 5.74) is 2.79. The van der Waals surface area contributed by atoms with Crippen LogP contribution in [-0.4, -0.2) is 28.4 Å². The predicted molar refractivity (Wildman–Crippen MR) is 153 cm³/mol. The van der Waals surface area contributed by atoms with Gasteiger partial charge in [0, 0.05) is 6.42 Å². The summed E-state index contributed by atoms with van der Waals surface area (Å²) >= 11 is 0. The van der Waals surface area contributed by atoms with E-state index in [1.807, 2.05) is 19.1 Å².